The van der Waals surface area contributed by atoms with Crippen LogP contribution in [0.25, 0.3) is 100 Å². The number of fused-ring (bicyclic) bond motifs is 6. The Morgan fingerprint density at radius 3 is 1.12 bits per heavy atom. The van der Waals surface area contributed by atoms with Crippen LogP contribution in [0.3, 0.4) is 0 Å². The van der Waals surface area contributed by atoms with Gasteiger partial charge in [-0.25, -0.2) is 9.97 Å². The molecular formula is C50H32N6. The fourth-order valence-corrected chi connectivity index (χ4v) is 8.15. The van der Waals surface area contributed by atoms with E-state index in [2.05, 4.69) is 165 Å². The number of benzene rings is 6. The zero-order valence-corrected chi connectivity index (χ0v) is 30.2. The summed E-state index contributed by atoms with van der Waals surface area (Å²) in [5, 5.41) is 4.94. The summed E-state index contributed by atoms with van der Waals surface area (Å²) in [4.78, 5) is 18.4. The van der Waals surface area contributed by atoms with Gasteiger partial charge in [0, 0.05) is 74.4 Å². The number of nitrogens with zero attached hydrogens (tertiary/aromatic N) is 6. The van der Waals surface area contributed by atoms with Crippen molar-refractivity contribution in [2.75, 3.05) is 0 Å². The van der Waals surface area contributed by atoms with Crippen LogP contribution in [-0.2, 0) is 0 Å². The van der Waals surface area contributed by atoms with E-state index in [0.29, 0.717) is 5.82 Å². The van der Waals surface area contributed by atoms with Crippen molar-refractivity contribution in [1.29, 1.82) is 0 Å². The van der Waals surface area contributed by atoms with Gasteiger partial charge in [-0.2, -0.15) is 0 Å². The first-order valence-corrected chi connectivity index (χ1v) is 18.7. The minimum atomic E-state index is 0.649. The second-order valence-electron chi connectivity index (χ2n) is 14.0. The lowest BCUT2D eigenvalue weighted by atomic mass is 10.0. The molecule has 0 atom stereocenters. The molecule has 6 heteroatoms. The number of para-hydroxylation sites is 4. The van der Waals surface area contributed by atoms with Crippen molar-refractivity contribution in [3.63, 3.8) is 0 Å². The summed E-state index contributed by atoms with van der Waals surface area (Å²) in [6.07, 6.45) is 7.12. The van der Waals surface area contributed by atoms with Gasteiger partial charge >= 0.3 is 0 Å². The highest BCUT2D eigenvalue weighted by molar-refractivity contribution is 6.10. The summed E-state index contributed by atoms with van der Waals surface area (Å²) in [7, 11) is 0. The Balaban J connectivity index is 1.11. The monoisotopic (exact) mass is 716 g/mol. The Morgan fingerprint density at radius 1 is 0.304 bits per heavy atom. The number of aromatic nitrogens is 6. The molecule has 0 radical (unpaired) electrons. The predicted octanol–water partition coefficient (Wildman–Crippen LogP) is 12.1. The lowest BCUT2D eigenvalue weighted by Crippen LogP contribution is -2.00. The third-order valence-electron chi connectivity index (χ3n) is 10.7. The molecule has 0 bridgehead atoms. The lowest BCUT2D eigenvalue weighted by Gasteiger charge is -2.16. The summed E-state index contributed by atoms with van der Waals surface area (Å²) in [5.41, 5.74) is 13.7. The third kappa shape index (κ3) is 5.27. The number of rotatable bonds is 6. The zero-order chi connectivity index (χ0) is 37.0. The minimum absolute atomic E-state index is 0.649. The Bertz CT molecular complexity index is 2940. The van der Waals surface area contributed by atoms with Crippen LogP contribution in [0, 0.1) is 0 Å². The normalized spacial score (nSPS) is 11.6. The van der Waals surface area contributed by atoms with Crippen LogP contribution in [0.2, 0.25) is 0 Å². The first-order valence-electron chi connectivity index (χ1n) is 18.7. The molecule has 0 aliphatic carbocycles. The van der Waals surface area contributed by atoms with Gasteiger partial charge in [0.25, 0.3) is 0 Å². The molecule has 0 unspecified atom stereocenters. The molecule has 6 aromatic carbocycles. The minimum Gasteiger partial charge on any atom is -0.309 e. The van der Waals surface area contributed by atoms with E-state index in [-0.39, 0.29) is 0 Å². The predicted molar refractivity (Wildman–Crippen MR) is 228 cm³/mol. The van der Waals surface area contributed by atoms with Gasteiger partial charge in [-0.3, -0.25) is 9.97 Å². The maximum absolute atomic E-state index is 5.05. The van der Waals surface area contributed by atoms with Crippen molar-refractivity contribution in [3.8, 4) is 56.4 Å². The van der Waals surface area contributed by atoms with E-state index in [9.17, 15) is 0 Å². The molecule has 0 fully saturated rings. The quantitative estimate of drug-likeness (QED) is 0.172. The first-order chi connectivity index (χ1) is 27.8. The molecule has 5 aromatic heterocycles. The van der Waals surface area contributed by atoms with E-state index in [4.69, 9.17) is 9.97 Å². The lowest BCUT2D eigenvalue weighted by molar-refractivity contribution is 1.13. The molecule has 0 aliphatic rings. The van der Waals surface area contributed by atoms with Crippen molar-refractivity contribution >= 4 is 43.6 Å². The molecule has 0 amide bonds. The Hall–Kier alpha value is -7.70. The average Bonchev–Trinajstić information content (AvgIpc) is 3.80. The topological polar surface area (TPSA) is 61.4 Å². The molecule has 5 heterocycles. The molecule has 11 rings (SSSR count). The molecule has 262 valence electrons. The summed E-state index contributed by atoms with van der Waals surface area (Å²) >= 11 is 0. The van der Waals surface area contributed by atoms with E-state index in [1.807, 2.05) is 24.3 Å². The largest absolute Gasteiger partial charge is 0.309 e. The van der Waals surface area contributed by atoms with Gasteiger partial charge in [0.05, 0.1) is 33.5 Å². The maximum atomic E-state index is 5.05. The van der Waals surface area contributed by atoms with Gasteiger partial charge in [0.2, 0.25) is 0 Å². The number of pyridine rings is 2. The van der Waals surface area contributed by atoms with E-state index >= 15 is 0 Å². The van der Waals surface area contributed by atoms with Crippen molar-refractivity contribution in [2.24, 2.45) is 0 Å². The highest BCUT2D eigenvalue weighted by atomic mass is 15.0. The first kappa shape index (κ1) is 31.8. The molecule has 0 saturated carbocycles. The maximum Gasteiger partial charge on any atom is 0.160 e. The van der Waals surface area contributed by atoms with Gasteiger partial charge in [-0.05, 0) is 83.9 Å². The Kier molecular flexibility index (Phi) is 7.38. The van der Waals surface area contributed by atoms with Crippen LogP contribution >= 0.6 is 0 Å². The second-order valence-corrected chi connectivity index (χ2v) is 14.0. The summed E-state index contributed by atoms with van der Waals surface area (Å²) < 4.78 is 4.81. The molecular weight excluding hydrogens is 685 g/mol. The highest BCUT2D eigenvalue weighted by Crippen LogP contribution is 2.38. The number of hydrogen-bond donors (Lipinski definition) is 0. The summed E-state index contributed by atoms with van der Waals surface area (Å²) in [6.45, 7) is 0. The molecule has 56 heavy (non-hydrogen) atoms. The zero-order valence-electron chi connectivity index (χ0n) is 30.2. The van der Waals surface area contributed by atoms with Gasteiger partial charge in [-0.15, -0.1) is 0 Å². The van der Waals surface area contributed by atoms with Crippen LogP contribution in [0.4, 0.5) is 0 Å². The third-order valence-corrected chi connectivity index (χ3v) is 10.7. The molecule has 11 aromatic rings. The average molecular weight is 717 g/mol. The molecule has 0 aliphatic heterocycles. The summed E-state index contributed by atoms with van der Waals surface area (Å²) in [6, 6.07) is 60.4. The van der Waals surface area contributed by atoms with E-state index in [1.165, 1.54) is 43.6 Å². The fourth-order valence-electron chi connectivity index (χ4n) is 8.15. The Labute approximate surface area is 322 Å². The van der Waals surface area contributed by atoms with Crippen LogP contribution in [0.5, 0.6) is 0 Å². The molecule has 0 N–H and O–H groups in total. The van der Waals surface area contributed by atoms with Crippen molar-refractivity contribution in [3.05, 3.63) is 195 Å². The van der Waals surface area contributed by atoms with Crippen LogP contribution in [-0.4, -0.2) is 29.1 Å². The van der Waals surface area contributed by atoms with E-state index < -0.39 is 0 Å². The fraction of sp³-hybridized carbons (Fsp3) is 0. The van der Waals surface area contributed by atoms with Crippen LogP contribution in [0.15, 0.2) is 195 Å². The van der Waals surface area contributed by atoms with Gasteiger partial charge < -0.3 is 9.13 Å². The standard InChI is InChI=1S/C50H32N6/c1-5-13-46-40(9-1)41-10-2-6-14-47(41)55(46)38-29-37(30-39(31-38)56-48-15-7-3-11-42(48)43-12-4-8-16-49(43)56)33-17-19-34(20-18-33)44-32-45(35-21-25-51-26-22-35)54-50(53-44)36-23-27-52-28-24-36/h1-32H. The van der Waals surface area contributed by atoms with Gasteiger partial charge in [-0.1, -0.05) is 97.1 Å². The molecule has 6 nitrogen and oxygen atoms in total. The highest BCUT2D eigenvalue weighted by Gasteiger charge is 2.18. The van der Waals surface area contributed by atoms with E-state index in [1.54, 1.807) is 24.8 Å². The van der Waals surface area contributed by atoms with Crippen LogP contribution < -0.4 is 0 Å². The van der Waals surface area contributed by atoms with Crippen molar-refractivity contribution in [2.45, 2.75) is 0 Å². The van der Waals surface area contributed by atoms with E-state index in [0.717, 1.165) is 50.6 Å². The van der Waals surface area contributed by atoms with Crippen molar-refractivity contribution in [1.82, 2.24) is 29.1 Å². The van der Waals surface area contributed by atoms with Gasteiger partial charge in [0.15, 0.2) is 5.82 Å². The SMILES string of the molecule is c1ccc2c(c1)c1ccccc1n2-c1cc(-c2ccc(-c3cc(-c4ccncc4)nc(-c4ccncc4)n3)cc2)cc(-n2c3ccccc3c3ccccc32)c1. The smallest absolute Gasteiger partial charge is 0.160 e. The Morgan fingerprint density at radius 2 is 0.679 bits per heavy atom. The van der Waals surface area contributed by atoms with Crippen LogP contribution in [0.1, 0.15) is 0 Å². The van der Waals surface area contributed by atoms with Gasteiger partial charge in [0.1, 0.15) is 0 Å². The van der Waals surface area contributed by atoms with Crippen molar-refractivity contribution < 1.29 is 0 Å². The molecule has 0 saturated heterocycles. The second kappa shape index (κ2) is 13.0. The summed E-state index contributed by atoms with van der Waals surface area (Å²) in [5.74, 6) is 0.649. The molecule has 0 spiro atoms. The number of hydrogen-bond acceptors (Lipinski definition) is 4.